The van der Waals surface area contributed by atoms with Gasteiger partial charge in [-0.25, -0.2) is 4.68 Å². The van der Waals surface area contributed by atoms with Crippen molar-refractivity contribution in [2.45, 2.75) is 26.3 Å². The van der Waals surface area contributed by atoms with Crippen LogP contribution in [0.4, 0.5) is 5.69 Å². The molecule has 1 heterocycles. The first-order valence-corrected chi connectivity index (χ1v) is 6.19. The van der Waals surface area contributed by atoms with E-state index in [0.29, 0.717) is 17.3 Å². The Morgan fingerprint density at radius 3 is 2.44 bits per heavy atom. The van der Waals surface area contributed by atoms with Crippen molar-refractivity contribution in [1.82, 2.24) is 9.78 Å². The number of hydrogen-bond donors (Lipinski definition) is 2. The van der Waals surface area contributed by atoms with Crippen molar-refractivity contribution in [2.75, 3.05) is 5.73 Å². The molecule has 1 aromatic carbocycles. The summed E-state index contributed by atoms with van der Waals surface area (Å²) in [6, 6.07) is 7.39. The number of rotatable bonds is 3. The maximum atomic E-state index is 11.9. The molecule has 0 radical (unpaired) electrons. The Kier molecular flexibility index (Phi) is 3.48. The van der Waals surface area contributed by atoms with Crippen LogP contribution in [-0.4, -0.2) is 9.78 Å². The molecule has 0 amide bonds. The minimum absolute atomic E-state index is 0.173. The number of nitrogens with one attached hydrogen (secondary N) is 1. The van der Waals surface area contributed by atoms with Gasteiger partial charge in [-0.05, 0) is 23.6 Å². The van der Waals surface area contributed by atoms with Crippen LogP contribution in [0.5, 0.6) is 0 Å². The molecule has 0 saturated heterocycles. The predicted molar refractivity (Wildman–Crippen MR) is 74.1 cm³/mol. The molecule has 0 fully saturated rings. The standard InChI is InChI=1S/C13H16ClN3O/c1-8(2)12-11(15)13(18)17(16-12)7-9-3-5-10(14)6-4-9/h3-6,8,16H,7,15H2,1-2H3. The largest absolute Gasteiger partial charge is 0.393 e. The lowest BCUT2D eigenvalue weighted by molar-refractivity contribution is 0.640. The van der Waals surface area contributed by atoms with Crippen LogP contribution >= 0.6 is 11.6 Å². The smallest absolute Gasteiger partial charge is 0.290 e. The van der Waals surface area contributed by atoms with Crippen LogP contribution in [0.15, 0.2) is 29.1 Å². The van der Waals surface area contributed by atoms with Gasteiger partial charge >= 0.3 is 0 Å². The summed E-state index contributed by atoms with van der Waals surface area (Å²) in [5.74, 6) is 0.198. The first kappa shape index (κ1) is 12.8. The molecule has 4 nitrogen and oxygen atoms in total. The van der Waals surface area contributed by atoms with E-state index in [0.717, 1.165) is 11.3 Å². The summed E-state index contributed by atoms with van der Waals surface area (Å²) >= 11 is 5.82. The molecule has 0 atom stereocenters. The van der Waals surface area contributed by atoms with Gasteiger partial charge in [0.25, 0.3) is 5.56 Å². The van der Waals surface area contributed by atoms with Crippen LogP contribution in [0, 0.1) is 0 Å². The highest BCUT2D eigenvalue weighted by Gasteiger charge is 2.13. The molecule has 3 N–H and O–H groups in total. The van der Waals surface area contributed by atoms with Gasteiger partial charge in [0, 0.05) is 5.02 Å². The Morgan fingerprint density at radius 2 is 1.94 bits per heavy atom. The van der Waals surface area contributed by atoms with E-state index in [4.69, 9.17) is 17.3 Å². The Labute approximate surface area is 110 Å². The molecule has 96 valence electrons. The van der Waals surface area contributed by atoms with E-state index in [2.05, 4.69) is 5.10 Å². The number of halogens is 1. The van der Waals surface area contributed by atoms with Crippen LogP contribution in [0.1, 0.15) is 31.0 Å². The molecule has 5 heteroatoms. The van der Waals surface area contributed by atoms with Gasteiger partial charge in [-0.1, -0.05) is 37.6 Å². The third kappa shape index (κ3) is 2.43. The first-order valence-electron chi connectivity index (χ1n) is 5.81. The van der Waals surface area contributed by atoms with Gasteiger partial charge < -0.3 is 5.73 Å². The lowest BCUT2D eigenvalue weighted by Crippen LogP contribution is -2.19. The summed E-state index contributed by atoms with van der Waals surface area (Å²) in [5.41, 5.74) is 7.71. The minimum Gasteiger partial charge on any atom is -0.393 e. The van der Waals surface area contributed by atoms with Crippen LogP contribution in [0.3, 0.4) is 0 Å². The van der Waals surface area contributed by atoms with Crippen molar-refractivity contribution in [2.24, 2.45) is 0 Å². The van der Waals surface area contributed by atoms with Crippen LogP contribution in [-0.2, 0) is 6.54 Å². The molecule has 0 saturated carbocycles. The molecule has 0 aliphatic rings. The monoisotopic (exact) mass is 265 g/mol. The van der Waals surface area contributed by atoms with Gasteiger partial charge in [-0.3, -0.25) is 9.89 Å². The number of benzene rings is 1. The van der Waals surface area contributed by atoms with E-state index < -0.39 is 0 Å². The number of nitrogen functional groups attached to an aromatic ring is 1. The number of hydrogen-bond acceptors (Lipinski definition) is 2. The number of nitrogens with zero attached hydrogens (tertiary/aromatic N) is 1. The molecule has 18 heavy (non-hydrogen) atoms. The van der Waals surface area contributed by atoms with E-state index in [1.807, 2.05) is 26.0 Å². The fourth-order valence-electron chi connectivity index (χ4n) is 1.84. The van der Waals surface area contributed by atoms with Crippen molar-refractivity contribution in [3.8, 4) is 0 Å². The summed E-state index contributed by atoms with van der Waals surface area (Å²) in [4.78, 5) is 11.9. The SMILES string of the molecule is CC(C)c1[nH]n(Cc2ccc(Cl)cc2)c(=O)c1N. The minimum atomic E-state index is -0.173. The van der Waals surface area contributed by atoms with Gasteiger partial charge in [-0.15, -0.1) is 0 Å². The van der Waals surface area contributed by atoms with Crippen molar-refractivity contribution >= 4 is 17.3 Å². The third-order valence-electron chi connectivity index (χ3n) is 2.85. The first-order chi connectivity index (χ1) is 8.49. The molecule has 2 rings (SSSR count). The normalized spacial score (nSPS) is 11.1. The van der Waals surface area contributed by atoms with Crippen LogP contribution in [0.25, 0.3) is 0 Å². The molecule has 0 unspecified atom stereocenters. The van der Waals surface area contributed by atoms with Crippen molar-refractivity contribution in [3.05, 3.63) is 50.9 Å². The molecular weight excluding hydrogens is 250 g/mol. The predicted octanol–water partition coefficient (Wildman–Crippen LogP) is 2.58. The molecule has 0 bridgehead atoms. The summed E-state index contributed by atoms with van der Waals surface area (Å²) in [5, 5.41) is 3.74. The highest BCUT2D eigenvalue weighted by molar-refractivity contribution is 6.30. The molecule has 1 aromatic heterocycles. The Bertz CT molecular complexity index is 596. The maximum absolute atomic E-state index is 11.9. The number of aromatic nitrogens is 2. The molecular formula is C13H16ClN3O. The maximum Gasteiger partial charge on any atom is 0.290 e. The van der Waals surface area contributed by atoms with Gasteiger partial charge in [0.2, 0.25) is 0 Å². The number of aromatic amines is 1. The van der Waals surface area contributed by atoms with Crippen LogP contribution < -0.4 is 11.3 Å². The molecule has 0 aliphatic carbocycles. The van der Waals surface area contributed by atoms with E-state index in [9.17, 15) is 4.79 Å². The fourth-order valence-corrected chi connectivity index (χ4v) is 1.97. The lowest BCUT2D eigenvalue weighted by atomic mass is 10.1. The average Bonchev–Trinajstić information content (AvgIpc) is 2.60. The fraction of sp³-hybridized carbons (Fsp3) is 0.308. The van der Waals surface area contributed by atoms with Gasteiger partial charge in [0.05, 0.1) is 12.2 Å². The van der Waals surface area contributed by atoms with Gasteiger partial charge in [0.15, 0.2) is 0 Å². The van der Waals surface area contributed by atoms with Crippen molar-refractivity contribution < 1.29 is 0 Å². The van der Waals surface area contributed by atoms with Gasteiger partial charge in [-0.2, -0.15) is 0 Å². The molecule has 0 aliphatic heterocycles. The second-order valence-electron chi connectivity index (χ2n) is 4.61. The van der Waals surface area contributed by atoms with E-state index in [1.54, 1.807) is 12.1 Å². The van der Waals surface area contributed by atoms with E-state index in [-0.39, 0.29) is 11.5 Å². The second-order valence-corrected chi connectivity index (χ2v) is 5.05. The number of nitrogens with two attached hydrogens (primary N) is 1. The zero-order chi connectivity index (χ0) is 13.3. The Balaban J connectivity index is 2.32. The third-order valence-corrected chi connectivity index (χ3v) is 3.10. The summed E-state index contributed by atoms with van der Waals surface area (Å²) in [7, 11) is 0. The van der Waals surface area contributed by atoms with Crippen molar-refractivity contribution in [1.29, 1.82) is 0 Å². The lowest BCUT2D eigenvalue weighted by Gasteiger charge is -2.04. The highest BCUT2D eigenvalue weighted by Crippen LogP contribution is 2.16. The average molecular weight is 266 g/mol. The number of H-pyrrole nitrogens is 1. The zero-order valence-electron chi connectivity index (χ0n) is 10.4. The van der Waals surface area contributed by atoms with E-state index in [1.165, 1.54) is 4.68 Å². The summed E-state index contributed by atoms with van der Waals surface area (Å²) in [6.07, 6.45) is 0. The summed E-state index contributed by atoms with van der Waals surface area (Å²) in [6.45, 7) is 4.45. The number of anilines is 1. The van der Waals surface area contributed by atoms with Gasteiger partial charge in [0.1, 0.15) is 5.69 Å². The zero-order valence-corrected chi connectivity index (χ0v) is 11.2. The molecule has 2 aromatic rings. The van der Waals surface area contributed by atoms with Crippen LogP contribution in [0.2, 0.25) is 5.02 Å². The van der Waals surface area contributed by atoms with Crippen molar-refractivity contribution in [3.63, 3.8) is 0 Å². The molecule has 0 spiro atoms. The Morgan fingerprint density at radius 1 is 1.33 bits per heavy atom. The van der Waals surface area contributed by atoms with E-state index >= 15 is 0 Å². The summed E-state index contributed by atoms with van der Waals surface area (Å²) < 4.78 is 1.52. The Hall–Kier alpha value is -1.68. The topological polar surface area (TPSA) is 63.8 Å². The highest BCUT2D eigenvalue weighted by atomic mass is 35.5. The quantitative estimate of drug-likeness (QED) is 0.896. The second kappa shape index (κ2) is 4.90.